The third-order valence-electron chi connectivity index (χ3n) is 5.19. The maximum absolute atomic E-state index is 12.3. The second-order valence-electron chi connectivity index (χ2n) is 7.05. The van der Waals surface area contributed by atoms with Crippen LogP contribution in [0.25, 0.3) is 0 Å². The number of hydrogen-bond acceptors (Lipinski definition) is 4. The van der Waals surface area contributed by atoms with Crippen LogP contribution in [0.3, 0.4) is 0 Å². The highest BCUT2D eigenvalue weighted by Gasteiger charge is 2.25. The van der Waals surface area contributed by atoms with Gasteiger partial charge in [0.15, 0.2) is 0 Å². The van der Waals surface area contributed by atoms with Gasteiger partial charge in [0.1, 0.15) is 11.8 Å². The van der Waals surface area contributed by atoms with Crippen LogP contribution in [-0.2, 0) is 9.59 Å². The van der Waals surface area contributed by atoms with Crippen LogP contribution in [0.5, 0.6) is 5.75 Å². The van der Waals surface area contributed by atoms with E-state index >= 15 is 0 Å². The number of nitrogens with one attached hydrogen (secondary N) is 2. The summed E-state index contributed by atoms with van der Waals surface area (Å²) in [5.41, 5.74) is 1.25. The van der Waals surface area contributed by atoms with Crippen molar-refractivity contribution in [1.82, 2.24) is 15.5 Å². The number of rotatable bonds is 4. The Morgan fingerprint density at radius 3 is 2.60 bits per heavy atom. The standard InChI is InChI=1S/C19H27N3O3/c23-16-6-4-14(5-7-16)15-8-11-22(12-9-15)13-18(24)21-17-3-1-2-10-20-19(17)25/h4-7,15,17,23H,1-3,8-13H2,(H,20,25)(H,21,24). The van der Waals surface area contributed by atoms with E-state index < -0.39 is 0 Å². The number of nitrogens with zero attached hydrogens (tertiary/aromatic N) is 1. The number of phenols is 1. The second-order valence-corrected chi connectivity index (χ2v) is 7.05. The molecule has 1 aromatic carbocycles. The Bertz CT molecular complexity index is 594. The van der Waals surface area contributed by atoms with Gasteiger partial charge in [-0.25, -0.2) is 0 Å². The molecule has 0 spiro atoms. The molecular weight excluding hydrogens is 318 g/mol. The zero-order chi connectivity index (χ0) is 17.6. The van der Waals surface area contributed by atoms with Crippen LogP contribution in [0.2, 0.25) is 0 Å². The summed E-state index contributed by atoms with van der Waals surface area (Å²) in [6.45, 7) is 2.80. The van der Waals surface area contributed by atoms with Gasteiger partial charge in [-0.05, 0) is 68.8 Å². The minimum Gasteiger partial charge on any atom is -0.508 e. The molecule has 1 aromatic rings. The maximum Gasteiger partial charge on any atom is 0.242 e. The molecule has 1 unspecified atom stereocenters. The van der Waals surface area contributed by atoms with Gasteiger partial charge >= 0.3 is 0 Å². The summed E-state index contributed by atoms with van der Waals surface area (Å²) in [6.07, 6.45) is 4.66. The van der Waals surface area contributed by atoms with Crippen LogP contribution in [0.4, 0.5) is 0 Å². The lowest BCUT2D eigenvalue weighted by Gasteiger charge is -2.32. The van der Waals surface area contributed by atoms with Crippen LogP contribution in [0, 0.1) is 0 Å². The fourth-order valence-electron chi connectivity index (χ4n) is 3.69. The van der Waals surface area contributed by atoms with E-state index in [1.807, 2.05) is 12.1 Å². The first-order valence-electron chi connectivity index (χ1n) is 9.20. The molecule has 2 amide bonds. The third kappa shape index (κ3) is 4.95. The van der Waals surface area contributed by atoms with Crippen molar-refractivity contribution in [2.45, 2.75) is 44.1 Å². The molecule has 136 valence electrons. The molecule has 0 saturated carbocycles. The lowest BCUT2D eigenvalue weighted by atomic mass is 9.89. The van der Waals surface area contributed by atoms with Gasteiger partial charge < -0.3 is 15.7 Å². The minimum atomic E-state index is -0.385. The number of benzene rings is 1. The molecule has 3 rings (SSSR count). The quantitative estimate of drug-likeness (QED) is 0.770. The molecule has 25 heavy (non-hydrogen) atoms. The number of phenolic OH excluding ortho intramolecular Hbond substituents is 1. The smallest absolute Gasteiger partial charge is 0.242 e. The lowest BCUT2D eigenvalue weighted by molar-refractivity contribution is -0.129. The van der Waals surface area contributed by atoms with Gasteiger partial charge in [0.2, 0.25) is 11.8 Å². The van der Waals surface area contributed by atoms with Crippen LogP contribution < -0.4 is 10.6 Å². The molecule has 6 heteroatoms. The highest BCUT2D eigenvalue weighted by molar-refractivity contribution is 5.88. The molecule has 2 fully saturated rings. The Balaban J connectivity index is 1.44. The summed E-state index contributed by atoms with van der Waals surface area (Å²) in [6, 6.07) is 7.03. The molecule has 0 aromatic heterocycles. The van der Waals surface area contributed by atoms with Gasteiger partial charge in [-0.3, -0.25) is 14.5 Å². The first-order valence-corrected chi connectivity index (χ1v) is 9.20. The molecule has 2 aliphatic rings. The molecule has 0 aliphatic carbocycles. The Hall–Kier alpha value is -2.08. The fourth-order valence-corrected chi connectivity index (χ4v) is 3.69. The molecule has 1 atom stereocenters. The van der Waals surface area contributed by atoms with Crippen LogP contribution in [0.1, 0.15) is 43.6 Å². The van der Waals surface area contributed by atoms with E-state index in [4.69, 9.17) is 0 Å². The number of aromatic hydroxyl groups is 1. The highest BCUT2D eigenvalue weighted by Crippen LogP contribution is 2.28. The van der Waals surface area contributed by atoms with Gasteiger partial charge in [-0.15, -0.1) is 0 Å². The molecule has 0 bridgehead atoms. The van der Waals surface area contributed by atoms with Crippen molar-refractivity contribution in [3.63, 3.8) is 0 Å². The van der Waals surface area contributed by atoms with Gasteiger partial charge in [0.25, 0.3) is 0 Å². The Kier molecular flexibility index (Phi) is 5.91. The summed E-state index contributed by atoms with van der Waals surface area (Å²) >= 11 is 0. The Morgan fingerprint density at radius 1 is 1.16 bits per heavy atom. The largest absolute Gasteiger partial charge is 0.508 e. The van der Waals surface area contributed by atoms with E-state index in [0.29, 0.717) is 24.8 Å². The Labute approximate surface area is 148 Å². The topological polar surface area (TPSA) is 81.7 Å². The Morgan fingerprint density at radius 2 is 1.88 bits per heavy atom. The maximum atomic E-state index is 12.3. The average Bonchev–Trinajstić information content (AvgIpc) is 2.81. The highest BCUT2D eigenvalue weighted by atomic mass is 16.3. The summed E-state index contributed by atoms with van der Waals surface area (Å²) in [5.74, 6) is 0.648. The van der Waals surface area contributed by atoms with E-state index in [2.05, 4.69) is 15.5 Å². The van der Waals surface area contributed by atoms with Crippen molar-refractivity contribution in [2.24, 2.45) is 0 Å². The molecule has 2 aliphatic heterocycles. The number of piperidine rings is 1. The summed E-state index contributed by atoms with van der Waals surface area (Å²) < 4.78 is 0. The van der Waals surface area contributed by atoms with E-state index in [-0.39, 0.29) is 17.9 Å². The number of amides is 2. The van der Waals surface area contributed by atoms with Crippen molar-refractivity contribution in [2.75, 3.05) is 26.2 Å². The van der Waals surface area contributed by atoms with Crippen LogP contribution >= 0.6 is 0 Å². The summed E-state index contributed by atoms with van der Waals surface area (Å²) in [4.78, 5) is 26.3. The SMILES string of the molecule is O=C(CN1CCC(c2ccc(O)cc2)CC1)NC1CCCCNC1=O. The average molecular weight is 345 g/mol. The zero-order valence-electron chi connectivity index (χ0n) is 14.5. The predicted octanol–water partition coefficient (Wildman–Crippen LogP) is 1.36. The van der Waals surface area contributed by atoms with Crippen LogP contribution in [0.15, 0.2) is 24.3 Å². The minimum absolute atomic E-state index is 0.0584. The predicted molar refractivity (Wildman–Crippen MR) is 95.3 cm³/mol. The molecule has 2 saturated heterocycles. The van der Waals surface area contributed by atoms with Gasteiger partial charge in [0, 0.05) is 6.54 Å². The van der Waals surface area contributed by atoms with Crippen molar-refractivity contribution >= 4 is 11.8 Å². The second kappa shape index (κ2) is 8.34. The number of hydrogen-bond donors (Lipinski definition) is 3. The molecule has 2 heterocycles. The van der Waals surface area contributed by atoms with E-state index in [1.54, 1.807) is 12.1 Å². The van der Waals surface area contributed by atoms with Gasteiger partial charge in [0.05, 0.1) is 6.54 Å². The third-order valence-corrected chi connectivity index (χ3v) is 5.19. The molecule has 0 radical (unpaired) electrons. The number of carbonyl (C=O) groups excluding carboxylic acids is 2. The monoisotopic (exact) mass is 345 g/mol. The summed E-state index contributed by atoms with van der Waals surface area (Å²) in [5, 5.41) is 15.1. The van der Waals surface area contributed by atoms with Crippen molar-refractivity contribution in [3.8, 4) is 5.75 Å². The molecule has 3 N–H and O–H groups in total. The number of carbonyl (C=O) groups is 2. The fraction of sp³-hybridized carbons (Fsp3) is 0.579. The van der Waals surface area contributed by atoms with Crippen molar-refractivity contribution < 1.29 is 14.7 Å². The summed E-state index contributed by atoms with van der Waals surface area (Å²) in [7, 11) is 0. The van der Waals surface area contributed by atoms with E-state index in [9.17, 15) is 14.7 Å². The first kappa shape index (κ1) is 17.7. The van der Waals surface area contributed by atoms with E-state index in [0.717, 1.165) is 45.2 Å². The number of likely N-dealkylation sites (tertiary alicyclic amines) is 1. The zero-order valence-corrected chi connectivity index (χ0v) is 14.5. The van der Waals surface area contributed by atoms with Gasteiger partial charge in [-0.1, -0.05) is 12.1 Å². The normalized spacial score (nSPS) is 22.9. The molecular formula is C19H27N3O3. The van der Waals surface area contributed by atoms with Gasteiger partial charge in [-0.2, -0.15) is 0 Å². The lowest BCUT2D eigenvalue weighted by Crippen LogP contribution is -2.49. The van der Waals surface area contributed by atoms with Crippen LogP contribution in [-0.4, -0.2) is 54.0 Å². The molecule has 6 nitrogen and oxygen atoms in total. The first-order chi connectivity index (χ1) is 12.1. The van der Waals surface area contributed by atoms with Crippen molar-refractivity contribution in [1.29, 1.82) is 0 Å². The van der Waals surface area contributed by atoms with E-state index in [1.165, 1.54) is 5.56 Å². The van der Waals surface area contributed by atoms with Crippen molar-refractivity contribution in [3.05, 3.63) is 29.8 Å².